The van der Waals surface area contributed by atoms with Gasteiger partial charge in [-0.2, -0.15) is 0 Å². The van der Waals surface area contributed by atoms with Gasteiger partial charge in [0.1, 0.15) is 5.56 Å². The van der Waals surface area contributed by atoms with Crippen LogP contribution in [0.2, 0.25) is 0 Å². The van der Waals surface area contributed by atoms with Crippen LogP contribution in [-0.4, -0.2) is 35.8 Å². The SMILES string of the molecule is CCOC(=O)c1cn(C(=O)OCC)c(Cc2ccccc2)c1NC(C)=O. The fourth-order valence-electron chi connectivity index (χ4n) is 2.55. The molecule has 0 fully saturated rings. The highest BCUT2D eigenvalue weighted by Crippen LogP contribution is 2.28. The highest BCUT2D eigenvalue weighted by atomic mass is 16.5. The number of carbonyl (C=O) groups excluding carboxylic acids is 3. The van der Waals surface area contributed by atoms with E-state index in [2.05, 4.69) is 5.32 Å². The van der Waals surface area contributed by atoms with Crippen LogP contribution in [0, 0.1) is 0 Å². The summed E-state index contributed by atoms with van der Waals surface area (Å²) in [6.45, 7) is 5.08. The third-order valence-electron chi connectivity index (χ3n) is 3.58. The smallest absolute Gasteiger partial charge is 0.418 e. The lowest BCUT2D eigenvalue weighted by molar-refractivity contribution is -0.114. The van der Waals surface area contributed by atoms with Gasteiger partial charge in [0.05, 0.1) is 24.6 Å². The maximum Gasteiger partial charge on any atom is 0.418 e. The van der Waals surface area contributed by atoms with Crippen LogP contribution >= 0.6 is 0 Å². The van der Waals surface area contributed by atoms with Crippen molar-refractivity contribution in [3.8, 4) is 0 Å². The third-order valence-corrected chi connectivity index (χ3v) is 3.58. The Bertz CT molecular complexity index is 796. The lowest BCUT2D eigenvalue weighted by Gasteiger charge is -2.11. The van der Waals surface area contributed by atoms with Crippen LogP contribution < -0.4 is 5.32 Å². The van der Waals surface area contributed by atoms with Crippen molar-refractivity contribution in [2.45, 2.75) is 27.2 Å². The third kappa shape index (κ3) is 4.50. The summed E-state index contributed by atoms with van der Waals surface area (Å²) in [6, 6.07) is 9.41. The number of aromatic nitrogens is 1. The number of hydrogen-bond acceptors (Lipinski definition) is 5. The molecule has 0 bridgehead atoms. The molecular formula is C19H22N2O5. The van der Waals surface area contributed by atoms with Crippen LogP contribution in [-0.2, 0) is 20.7 Å². The van der Waals surface area contributed by atoms with E-state index in [4.69, 9.17) is 9.47 Å². The molecule has 2 rings (SSSR count). The van der Waals surface area contributed by atoms with Crippen molar-refractivity contribution < 1.29 is 23.9 Å². The Balaban J connectivity index is 2.59. The van der Waals surface area contributed by atoms with Crippen molar-refractivity contribution >= 4 is 23.7 Å². The molecule has 0 aliphatic heterocycles. The van der Waals surface area contributed by atoms with E-state index in [1.807, 2.05) is 30.3 Å². The minimum Gasteiger partial charge on any atom is -0.462 e. The quantitative estimate of drug-likeness (QED) is 0.801. The van der Waals surface area contributed by atoms with Gasteiger partial charge in [0.2, 0.25) is 5.91 Å². The Hall–Kier alpha value is -3.09. The van der Waals surface area contributed by atoms with Gasteiger partial charge < -0.3 is 14.8 Å². The minimum atomic E-state index is -0.624. The highest BCUT2D eigenvalue weighted by Gasteiger charge is 2.26. The lowest BCUT2D eigenvalue weighted by atomic mass is 10.1. The molecular weight excluding hydrogens is 336 g/mol. The van der Waals surface area contributed by atoms with E-state index in [0.29, 0.717) is 12.1 Å². The van der Waals surface area contributed by atoms with E-state index in [9.17, 15) is 14.4 Å². The van der Waals surface area contributed by atoms with E-state index in [1.165, 1.54) is 17.7 Å². The van der Waals surface area contributed by atoms with Gasteiger partial charge in [-0.05, 0) is 19.4 Å². The van der Waals surface area contributed by atoms with E-state index in [0.717, 1.165) is 5.56 Å². The molecule has 7 heteroatoms. The van der Waals surface area contributed by atoms with Crippen LogP contribution in [0.4, 0.5) is 10.5 Å². The Morgan fingerprint density at radius 1 is 1.04 bits per heavy atom. The molecule has 1 N–H and O–H groups in total. The Morgan fingerprint density at radius 2 is 1.69 bits per heavy atom. The van der Waals surface area contributed by atoms with Crippen LogP contribution in [0.5, 0.6) is 0 Å². The molecule has 1 aromatic heterocycles. The zero-order valence-corrected chi connectivity index (χ0v) is 15.1. The van der Waals surface area contributed by atoms with Crippen molar-refractivity contribution in [1.29, 1.82) is 0 Å². The second-order valence-electron chi connectivity index (χ2n) is 5.50. The number of hydrogen-bond donors (Lipinski definition) is 1. The first-order valence-electron chi connectivity index (χ1n) is 8.37. The molecule has 7 nitrogen and oxygen atoms in total. The first-order chi connectivity index (χ1) is 12.5. The van der Waals surface area contributed by atoms with Crippen molar-refractivity contribution in [3.05, 3.63) is 53.3 Å². The summed E-state index contributed by atoms with van der Waals surface area (Å²) in [5.41, 5.74) is 1.74. The number of amides is 1. The minimum absolute atomic E-state index is 0.112. The van der Waals surface area contributed by atoms with E-state index < -0.39 is 12.1 Å². The van der Waals surface area contributed by atoms with Crippen molar-refractivity contribution in [3.63, 3.8) is 0 Å². The van der Waals surface area contributed by atoms with E-state index in [1.54, 1.807) is 13.8 Å². The van der Waals surface area contributed by atoms with Gasteiger partial charge in [0.15, 0.2) is 0 Å². The molecule has 1 heterocycles. The molecule has 0 aliphatic carbocycles. The van der Waals surface area contributed by atoms with E-state index >= 15 is 0 Å². The largest absolute Gasteiger partial charge is 0.462 e. The van der Waals surface area contributed by atoms with E-state index in [-0.39, 0.29) is 30.4 Å². The average molecular weight is 358 g/mol. The number of rotatable bonds is 6. The molecule has 0 unspecified atom stereocenters. The van der Waals surface area contributed by atoms with Crippen LogP contribution in [0.1, 0.15) is 42.4 Å². The van der Waals surface area contributed by atoms with Gasteiger partial charge in [-0.1, -0.05) is 30.3 Å². The Kier molecular flexibility index (Phi) is 6.54. The summed E-state index contributed by atoms with van der Waals surface area (Å²) in [7, 11) is 0. The number of carbonyl (C=O) groups is 3. The lowest BCUT2D eigenvalue weighted by Crippen LogP contribution is -2.17. The molecule has 1 amide bonds. The van der Waals surface area contributed by atoms with Gasteiger partial charge in [-0.15, -0.1) is 0 Å². The predicted molar refractivity (Wildman–Crippen MR) is 96.4 cm³/mol. The summed E-state index contributed by atoms with van der Waals surface area (Å²) in [5, 5.41) is 2.65. The second-order valence-corrected chi connectivity index (χ2v) is 5.50. The maximum absolute atomic E-state index is 12.4. The highest BCUT2D eigenvalue weighted by molar-refractivity contribution is 6.03. The molecule has 0 saturated heterocycles. The van der Waals surface area contributed by atoms with Crippen molar-refractivity contribution in [1.82, 2.24) is 4.57 Å². The number of nitrogens with one attached hydrogen (secondary N) is 1. The molecule has 26 heavy (non-hydrogen) atoms. The molecule has 0 atom stereocenters. The summed E-state index contributed by atoms with van der Waals surface area (Å²) < 4.78 is 11.4. The molecule has 1 aromatic carbocycles. The normalized spacial score (nSPS) is 10.3. The fraction of sp³-hybridized carbons (Fsp3) is 0.316. The van der Waals surface area contributed by atoms with Crippen molar-refractivity contribution in [2.24, 2.45) is 0 Å². The number of anilines is 1. The number of nitrogens with zero attached hydrogens (tertiary/aromatic N) is 1. The standard InChI is InChI=1S/C19H22N2O5/c1-4-25-18(23)15-12-21(19(24)26-5-2)16(17(15)20-13(3)22)11-14-9-7-6-8-10-14/h6-10,12H,4-5,11H2,1-3H3,(H,20,22). The zero-order valence-electron chi connectivity index (χ0n) is 15.1. The zero-order chi connectivity index (χ0) is 19.1. The first kappa shape index (κ1) is 19.2. The molecule has 0 radical (unpaired) electrons. The van der Waals surface area contributed by atoms with Gasteiger partial charge >= 0.3 is 12.1 Å². The second kappa shape index (κ2) is 8.84. The first-order valence-corrected chi connectivity index (χ1v) is 8.37. The number of esters is 1. The molecule has 2 aromatic rings. The molecule has 0 spiro atoms. The average Bonchev–Trinajstić information content (AvgIpc) is 2.94. The van der Waals surface area contributed by atoms with Gasteiger partial charge in [0.25, 0.3) is 0 Å². The summed E-state index contributed by atoms with van der Waals surface area (Å²) in [6.07, 6.45) is 1.05. The fourth-order valence-corrected chi connectivity index (χ4v) is 2.55. The number of ether oxygens (including phenoxy) is 2. The molecule has 0 saturated carbocycles. The van der Waals surface area contributed by atoms with Gasteiger partial charge in [0, 0.05) is 19.5 Å². The predicted octanol–water partition coefficient (Wildman–Crippen LogP) is 3.22. The Morgan fingerprint density at radius 3 is 2.27 bits per heavy atom. The van der Waals surface area contributed by atoms with Crippen LogP contribution in [0.3, 0.4) is 0 Å². The monoisotopic (exact) mass is 358 g/mol. The van der Waals surface area contributed by atoms with Crippen LogP contribution in [0.25, 0.3) is 0 Å². The molecule has 138 valence electrons. The Labute approximate surface area is 151 Å². The number of benzene rings is 1. The van der Waals surface area contributed by atoms with Gasteiger partial charge in [-0.25, -0.2) is 9.59 Å². The summed E-state index contributed by atoms with van der Waals surface area (Å²) in [4.78, 5) is 36.3. The van der Waals surface area contributed by atoms with Crippen LogP contribution in [0.15, 0.2) is 36.5 Å². The maximum atomic E-state index is 12.4. The van der Waals surface area contributed by atoms with Gasteiger partial charge in [-0.3, -0.25) is 9.36 Å². The topological polar surface area (TPSA) is 86.6 Å². The summed E-state index contributed by atoms with van der Waals surface area (Å²) in [5.74, 6) is -0.972. The molecule has 0 aliphatic rings. The van der Waals surface area contributed by atoms with Crippen molar-refractivity contribution in [2.75, 3.05) is 18.5 Å². The summed E-state index contributed by atoms with van der Waals surface area (Å²) >= 11 is 0.